The quantitative estimate of drug-likeness (QED) is 0.703. The van der Waals surface area contributed by atoms with Crippen LogP contribution in [0.15, 0.2) is 33.7 Å². The summed E-state index contributed by atoms with van der Waals surface area (Å²) in [7, 11) is -4.42. The molecule has 2 heterocycles. The number of rotatable bonds is 6. The van der Waals surface area contributed by atoms with E-state index in [9.17, 15) is 4.57 Å². The molecular weight excluding hydrogens is 295 g/mol. The molecule has 0 unspecified atom stereocenters. The molecule has 21 heavy (non-hydrogen) atoms. The summed E-state index contributed by atoms with van der Waals surface area (Å²) in [4.78, 5) is 22.4. The Hall–Kier alpha value is -1.82. The second kappa shape index (κ2) is 5.89. The number of oxazole rings is 1. The fraction of sp³-hybridized carbons (Fsp3) is 0.308. The van der Waals surface area contributed by atoms with Gasteiger partial charge in [0, 0.05) is 6.42 Å². The van der Waals surface area contributed by atoms with Crippen molar-refractivity contribution in [1.29, 1.82) is 0 Å². The van der Waals surface area contributed by atoms with Crippen molar-refractivity contribution in [3.63, 3.8) is 0 Å². The zero-order valence-electron chi connectivity index (χ0n) is 11.7. The van der Waals surface area contributed by atoms with E-state index in [-0.39, 0.29) is 11.8 Å². The third kappa shape index (κ3) is 3.64. The molecule has 0 aliphatic rings. The molecule has 0 bridgehead atoms. The summed E-state index contributed by atoms with van der Waals surface area (Å²) in [5.74, 6) is 1.16. The first kappa shape index (κ1) is 15.6. The van der Waals surface area contributed by atoms with E-state index in [1.807, 2.05) is 13.8 Å². The normalized spacial score (nSPS) is 11.9. The van der Waals surface area contributed by atoms with Gasteiger partial charge in [-0.05, 0) is 24.3 Å². The number of hydrogen-bond donors (Lipinski definition) is 3. The Labute approximate surface area is 121 Å². The molecule has 114 valence electrons. The van der Waals surface area contributed by atoms with Crippen molar-refractivity contribution in [1.82, 2.24) is 4.98 Å². The van der Waals surface area contributed by atoms with E-state index in [1.54, 1.807) is 0 Å². The first-order valence-corrected chi connectivity index (χ1v) is 7.96. The molecule has 3 N–H and O–H groups in total. The lowest BCUT2D eigenvalue weighted by molar-refractivity contribution is 0.377. The minimum atomic E-state index is -4.42. The number of nitrogens with zero attached hydrogens (tertiary/aromatic N) is 1. The highest BCUT2D eigenvalue weighted by molar-refractivity contribution is 7.59. The first-order chi connectivity index (χ1) is 9.81. The van der Waals surface area contributed by atoms with Crippen LogP contribution in [-0.2, 0) is 11.0 Å². The van der Waals surface area contributed by atoms with Gasteiger partial charge in [0.2, 0.25) is 5.50 Å². The zero-order chi connectivity index (χ0) is 15.6. The predicted octanol–water partition coefficient (Wildman–Crippen LogP) is 2.49. The fourth-order valence-corrected chi connectivity index (χ4v) is 2.30. The maximum Gasteiger partial charge on any atom is 0.391 e. The molecule has 8 heteroatoms. The Morgan fingerprint density at radius 2 is 2.14 bits per heavy atom. The zero-order valence-corrected chi connectivity index (χ0v) is 12.6. The summed E-state index contributed by atoms with van der Waals surface area (Å²) in [5.41, 5.74) is 0.0296. The molecular formula is C13H17N2O5P. The van der Waals surface area contributed by atoms with Gasteiger partial charge in [-0.25, -0.2) is 0 Å². The molecule has 0 saturated carbocycles. The minimum Gasteiger partial charge on any atom is -0.446 e. The van der Waals surface area contributed by atoms with Crippen LogP contribution in [0.25, 0.3) is 11.5 Å². The minimum absolute atomic E-state index is 0.254. The van der Waals surface area contributed by atoms with E-state index in [0.717, 1.165) is 0 Å². The molecule has 0 radical (unpaired) electrons. The average molecular weight is 312 g/mol. The molecule has 0 aromatic carbocycles. The molecule has 0 atom stereocenters. The molecule has 7 nitrogen and oxygen atoms in total. The monoisotopic (exact) mass is 312 g/mol. The lowest BCUT2D eigenvalue weighted by atomic mass is 10.1. The van der Waals surface area contributed by atoms with Crippen LogP contribution >= 0.6 is 7.60 Å². The summed E-state index contributed by atoms with van der Waals surface area (Å²) in [6.45, 7) is 7.58. The number of anilines is 1. The van der Waals surface area contributed by atoms with Crippen LogP contribution in [0.2, 0.25) is 0 Å². The third-order valence-electron chi connectivity index (χ3n) is 2.63. The summed E-state index contributed by atoms with van der Waals surface area (Å²) < 4.78 is 22.0. The molecule has 0 saturated heterocycles. The number of hydrogen-bond acceptors (Lipinski definition) is 5. The van der Waals surface area contributed by atoms with E-state index in [2.05, 4.69) is 16.9 Å². The van der Waals surface area contributed by atoms with Gasteiger partial charge in [0.1, 0.15) is 11.5 Å². The van der Waals surface area contributed by atoms with Gasteiger partial charge in [-0.2, -0.15) is 4.98 Å². The van der Waals surface area contributed by atoms with Crippen LogP contribution < -0.4 is 10.8 Å². The average Bonchev–Trinajstić information content (AvgIpc) is 2.94. The van der Waals surface area contributed by atoms with Crippen LogP contribution in [0.3, 0.4) is 0 Å². The Bertz CT molecular complexity index is 683. The number of nitrogens with one attached hydrogen (secondary N) is 1. The first-order valence-electron chi connectivity index (χ1n) is 6.34. The van der Waals surface area contributed by atoms with Crippen molar-refractivity contribution in [3.05, 3.63) is 30.7 Å². The van der Waals surface area contributed by atoms with Crippen LogP contribution in [0.5, 0.6) is 0 Å². The Morgan fingerprint density at radius 1 is 1.43 bits per heavy atom. The molecule has 0 aliphatic carbocycles. The molecule has 0 fully saturated rings. The van der Waals surface area contributed by atoms with Crippen LogP contribution in [0.4, 0.5) is 6.01 Å². The van der Waals surface area contributed by atoms with Gasteiger partial charge in [-0.3, -0.25) is 4.57 Å². The highest BCUT2D eigenvalue weighted by atomic mass is 31.2. The van der Waals surface area contributed by atoms with E-state index in [1.165, 1.54) is 18.3 Å². The third-order valence-corrected chi connectivity index (χ3v) is 3.44. The van der Waals surface area contributed by atoms with Crippen molar-refractivity contribution in [3.8, 4) is 11.5 Å². The van der Waals surface area contributed by atoms with E-state index < -0.39 is 13.1 Å². The van der Waals surface area contributed by atoms with Gasteiger partial charge in [0.15, 0.2) is 5.76 Å². The van der Waals surface area contributed by atoms with Gasteiger partial charge >= 0.3 is 7.60 Å². The van der Waals surface area contributed by atoms with Crippen molar-refractivity contribution in [2.24, 2.45) is 5.92 Å². The summed E-state index contributed by atoms with van der Waals surface area (Å²) in [5, 5.41) is 2.74. The van der Waals surface area contributed by atoms with Crippen molar-refractivity contribution in [2.75, 3.05) is 5.32 Å². The smallest absolute Gasteiger partial charge is 0.391 e. The molecule has 0 spiro atoms. The lowest BCUT2D eigenvalue weighted by Gasteiger charge is -2.02. The van der Waals surface area contributed by atoms with Gasteiger partial charge in [-0.15, -0.1) is 0 Å². The molecule has 2 aromatic heterocycles. The van der Waals surface area contributed by atoms with Crippen LogP contribution in [0.1, 0.15) is 19.6 Å². The van der Waals surface area contributed by atoms with E-state index >= 15 is 0 Å². The molecule has 2 rings (SSSR count). The van der Waals surface area contributed by atoms with E-state index in [4.69, 9.17) is 18.6 Å². The molecule has 0 aliphatic heterocycles. The number of aromatic nitrogens is 1. The summed E-state index contributed by atoms with van der Waals surface area (Å²) in [6, 6.07) is 2.96. The van der Waals surface area contributed by atoms with E-state index in [0.29, 0.717) is 23.8 Å². The predicted molar refractivity (Wildman–Crippen MR) is 78.2 cm³/mol. The number of furan rings is 1. The Morgan fingerprint density at radius 3 is 2.67 bits per heavy atom. The maximum absolute atomic E-state index is 11.2. The van der Waals surface area contributed by atoms with Crippen molar-refractivity contribution < 1.29 is 23.2 Å². The van der Waals surface area contributed by atoms with Crippen molar-refractivity contribution in [2.45, 2.75) is 20.3 Å². The van der Waals surface area contributed by atoms with Gasteiger partial charge in [0.25, 0.3) is 6.01 Å². The van der Waals surface area contributed by atoms with Crippen molar-refractivity contribution >= 4 is 19.1 Å². The SMILES string of the molecule is C=CNc1nc(-c2ccc(P(=O)(O)O)o2)c(CC(C)C)o1. The molecule has 2 aromatic rings. The van der Waals surface area contributed by atoms with Crippen LogP contribution in [-0.4, -0.2) is 14.8 Å². The fourth-order valence-electron chi connectivity index (χ4n) is 1.81. The lowest BCUT2D eigenvalue weighted by Crippen LogP contribution is -1.98. The highest BCUT2D eigenvalue weighted by Gasteiger charge is 2.25. The largest absolute Gasteiger partial charge is 0.446 e. The Kier molecular flexibility index (Phi) is 4.37. The van der Waals surface area contributed by atoms with Gasteiger partial charge in [-0.1, -0.05) is 20.4 Å². The highest BCUT2D eigenvalue weighted by Crippen LogP contribution is 2.36. The van der Waals surface area contributed by atoms with Gasteiger partial charge < -0.3 is 23.9 Å². The summed E-state index contributed by atoms with van der Waals surface area (Å²) in [6.07, 6.45) is 2.05. The standard InChI is InChI=1S/C13H17N2O5P/c1-4-14-13-15-12(10(20-13)7-8(2)3)9-5-6-11(19-9)21(16,17)18/h4-6,8H,1,7H2,2-3H3,(H,14,15)(H2,16,17,18). The topological polar surface area (TPSA) is 109 Å². The van der Waals surface area contributed by atoms with Gasteiger partial charge in [0.05, 0.1) is 0 Å². The van der Waals surface area contributed by atoms with Crippen LogP contribution in [0, 0.1) is 5.92 Å². The second-order valence-electron chi connectivity index (χ2n) is 4.92. The second-order valence-corrected chi connectivity index (χ2v) is 6.45. The molecule has 0 amide bonds. The Balaban J connectivity index is 2.43. The summed E-state index contributed by atoms with van der Waals surface area (Å²) >= 11 is 0. The maximum atomic E-state index is 11.2.